The molecule has 12 heteroatoms. The molecule has 0 bridgehead atoms. The summed E-state index contributed by atoms with van der Waals surface area (Å²) in [6.45, 7) is 7.37. The number of hydrogen-bond donors (Lipinski definition) is 2. The van der Waals surface area contributed by atoms with Crippen molar-refractivity contribution in [2.24, 2.45) is 5.92 Å². The molecule has 2 N–H and O–H groups in total. The van der Waals surface area contributed by atoms with Gasteiger partial charge in [0.15, 0.2) is 0 Å². The zero-order valence-corrected chi connectivity index (χ0v) is 25.4. The molecule has 2 amide bonds. The number of amides is 2. The predicted octanol–water partition coefficient (Wildman–Crippen LogP) is 1.82. The molecule has 2 aromatic rings. The molecule has 0 aliphatic carbocycles. The quantitative estimate of drug-likeness (QED) is 0.422. The smallest absolute Gasteiger partial charge is 0.242 e. The zero-order chi connectivity index (χ0) is 30.3. The van der Waals surface area contributed by atoms with Crippen molar-refractivity contribution in [1.29, 1.82) is 0 Å². The summed E-state index contributed by atoms with van der Waals surface area (Å²) in [5, 5.41) is 12.8. The highest BCUT2D eigenvalue weighted by Crippen LogP contribution is 2.30. The van der Waals surface area contributed by atoms with E-state index in [9.17, 15) is 23.1 Å². The van der Waals surface area contributed by atoms with Gasteiger partial charge >= 0.3 is 0 Å². The number of likely N-dealkylation sites (N-methyl/N-ethyl adjacent to an activating group) is 1. The Balaban J connectivity index is 1.56. The minimum absolute atomic E-state index is 0.00869. The molecule has 2 aliphatic rings. The van der Waals surface area contributed by atoms with E-state index in [0.29, 0.717) is 43.2 Å². The minimum Gasteiger partial charge on any atom is -0.488 e. The van der Waals surface area contributed by atoms with Crippen molar-refractivity contribution in [2.45, 2.75) is 43.7 Å². The van der Waals surface area contributed by atoms with E-state index in [-0.39, 0.29) is 48.7 Å². The maximum atomic E-state index is 13.5. The molecular weight excluding hydrogens is 560 g/mol. The Hall–Kier alpha value is -3.03. The van der Waals surface area contributed by atoms with Gasteiger partial charge in [-0.15, -0.1) is 0 Å². The highest BCUT2D eigenvalue weighted by Gasteiger charge is 2.33. The zero-order valence-electron chi connectivity index (χ0n) is 24.6. The first kappa shape index (κ1) is 31.9. The fourth-order valence-electron chi connectivity index (χ4n) is 5.16. The summed E-state index contributed by atoms with van der Waals surface area (Å²) in [6, 6.07) is 13.0. The molecule has 4 rings (SSSR count). The van der Waals surface area contributed by atoms with Crippen LogP contribution in [-0.4, -0.2) is 111 Å². The van der Waals surface area contributed by atoms with E-state index in [1.807, 2.05) is 6.92 Å². The molecule has 1 saturated heterocycles. The number of carbonyl (C=O) groups excluding carboxylic acids is 2. The second-order valence-corrected chi connectivity index (χ2v) is 13.1. The van der Waals surface area contributed by atoms with Gasteiger partial charge in [-0.2, -0.15) is 4.31 Å². The summed E-state index contributed by atoms with van der Waals surface area (Å²) in [5.41, 5.74) is 1.13. The average Bonchev–Trinajstić information content (AvgIpc) is 3.04. The third-order valence-electron chi connectivity index (χ3n) is 7.85. The van der Waals surface area contributed by atoms with E-state index in [4.69, 9.17) is 9.47 Å². The average molecular weight is 603 g/mol. The van der Waals surface area contributed by atoms with Crippen molar-refractivity contribution in [2.75, 3.05) is 64.9 Å². The molecule has 2 heterocycles. The van der Waals surface area contributed by atoms with Gasteiger partial charge in [-0.3, -0.25) is 14.5 Å². The number of aliphatic hydroxyl groups is 1. The fraction of sp³-hybridized carbons (Fsp3) is 0.533. The van der Waals surface area contributed by atoms with Crippen molar-refractivity contribution < 1.29 is 32.6 Å². The molecule has 0 spiro atoms. The Morgan fingerprint density at radius 2 is 1.88 bits per heavy atom. The van der Waals surface area contributed by atoms with Gasteiger partial charge < -0.3 is 24.8 Å². The van der Waals surface area contributed by atoms with Gasteiger partial charge in [0.25, 0.3) is 0 Å². The number of rotatable bonds is 10. The van der Waals surface area contributed by atoms with Crippen LogP contribution in [0.1, 0.15) is 25.8 Å². The van der Waals surface area contributed by atoms with Gasteiger partial charge in [0.2, 0.25) is 21.8 Å². The van der Waals surface area contributed by atoms with Gasteiger partial charge in [0, 0.05) is 56.8 Å². The molecule has 1 fully saturated rings. The number of ether oxygens (including phenoxy) is 2. The predicted molar refractivity (Wildman–Crippen MR) is 159 cm³/mol. The normalized spacial score (nSPS) is 21.1. The van der Waals surface area contributed by atoms with Crippen molar-refractivity contribution >= 4 is 27.5 Å². The van der Waals surface area contributed by atoms with Crippen molar-refractivity contribution in [3.05, 3.63) is 54.1 Å². The van der Waals surface area contributed by atoms with E-state index >= 15 is 0 Å². The van der Waals surface area contributed by atoms with Gasteiger partial charge in [0.05, 0.1) is 43.7 Å². The van der Waals surface area contributed by atoms with Crippen LogP contribution < -0.4 is 10.1 Å². The summed E-state index contributed by atoms with van der Waals surface area (Å²) < 4.78 is 39.6. The highest BCUT2D eigenvalue weighted by atomic mass is 32.2. The van der Waals surface area contributed by atoms with Crippen LogP contribution in [0.2, 0.25) is 0 Å². The van der Waals surface area contributed by atoms with E-state index in [2.05, 4.69) is 10.2 Å². The largest absolute Gasteiger partial charge is 0.488 e. The van der Waals surface area contributed by atoms with Gasteiger partial charge in [-0.05, 0) is 37.3 Å². The van der Waals surface area contributed by atoms with Gasteiger partial charge in [-0.25, -0.2) is 8.42 Å². The topological polar surface area (TPSA) is 129 Å². The second-order valence-electron chi connectivity index (χ2n) is 11.1. The van der Waals surface area contributed by atoms with E-state index in [1.165, 1.54) is 11.4 Å². The number of aliphatic hydroxyl groups excluding tert-OH is 1. The van der Waals surface area contributed by atoms with Crippen LogP contribution in [0.15, 0.2) is 53.4 Å². The highest BCUT2D eigenvalue weighted by molar-refractivity contribution is 7.89. The van der Waals surface area contributed by atoms with Crippen LogP contribution in [0.5, 0.6) is 5.75 Å². The van der Waals surface area contributed by atoms with Crippen LogP contribution in [0.4, 0.5) is 5.69 Å². The molecule has 42 heavy (non-hydrogen) atoms. The van der Waals surface area contributed by atoms with E-state index < -0.39 is 22.2 Å². The first-order valence-electron chi connectivity index (χ1n) is 14.4. The number of morpholine rings is 1. The van der Waals surface area contributed by atoms with Crippen molar-refractivity contribution in [1.82, 2.24) is 14.1 Å². The second kappa shape index (κ2) is 14.4. The lowest BCUT2D eigenvalue weighted by molar-refractivity contribution is -0.134. The maximum absolute atomic E-state index is 13.5. The van der Waals surface area contributed by atoms with Crippen molar-refractivity contribution in [3.8, 4) is 5.75 Å². The minimum atomic E-state index is -3.77. The number of fused-ring (bicyclic) bond motifs is 1. The molecular formula is C30H42N4O7S. The summed E-state index contributed by atoms with van der Waals surface area (Å²) in [7, 11) is -2.26. The molecule has 0 aromatic heterocycles. The van der Waals surface area contributed by atoms with Crippen LogP contribution in [0.3, 0.4) is 0 Å². The van der Waals surface area contributed by atoms with Crippen LogP contribution >= 0.6 is 0 Å². The molecule has 2 aromatic carbocycles. The summed E-state index contributed by atoms with van der Waals surface area (Å²) >= 11 is 0. The Morgan fingerprint density at radius 1 is 1.17 bits per heavy atom. The molecule has 11 nitrogen and oxygen atoms in total. The lowest BCUT2D eigenvalue weighted by Gasteiger charge is -2.33. The number of carbonyl (C=O) groups is 2. The van der Waals surface area contributed by atoms with Crippen LogP contribution in [0, 0.1) is 5.92 Å². The monoisotopic (exact) mass is 602 g/mol. The third-order valence-corrected chi connectivity index (χ3v) is 9.69. The van der Waals surface area contributed by atoms with E-state index in [0.717, 1.165) is 13.1 Å². The maximum Gasteiger partial charge on any atom is 0.242 e. The molecule has 0 saturated carbocycles. The van der Waals surface area contributed by atoms with E-state index in [1.54, 1.807) is 60.4 Å². The Labute approximate surface area is 248 Å². The Bertz CT molecular complexity index is 1320. The standard InChI is InChI=1S/C30H42N4O7S/c1-22-19-34(23(2)21-35)30(37)18-24-17-25(31-29(36)11-12-33-13-15-40-16-14-33)9-10-27(24)41-28(22)20-32(3)42(38,39)26-7-5-4-6-8-26/h4-10,17,22-23,28,35H,11-16,18-21H2,1-3H3,(H,31,36)/t22-,23+,28+/m0/s1. The number of sulfonamides is 1. The molecule has 2 aliphatic heterocycles. The molecule has 0 radical (unpaired) electrons. The number of benzene rings is 2. The molecule has 0 unspecified atom stereocenters. The van der Waals surface area contributed by atoms with Crippen LogP contribution in [-0.2, 0) is 30.8 Å². The third kappa shape index (κ3) is 8.07. The van der Waals surface area contributed by atoms with Gasteiger partial charge in [-0.1, -0.05) is 25.1 Å². The molecule has 3 atom stereocenters. The number of nitrogens with one attached hydrogen (secondary N) is 1. The Kier molecular flexibility index (Phi) is 11.0. The SMILES string of the molecule is C[C@H](CO)N1C[C@H](C)[C@@H](CN(C)S(=O)(=O)c2ccccc2)Oc2ccc(NC(=O)CCN3CCOCC3)cc2CC1=O. The number of hydrogen-bond acceptors (Lipinski definition) is 8. The first-order chi connectivity index (χ1) is 20.1. The summed E-state index contributed by atoms with van der Waals surface area (Å²) in [5.74, 6) is -0.126. The summed E-state index contributed by atoms with van der Waals surface area (Å²) in [4.78, 5) is 30.2. The van der Waals surface area contributed by atoms with Gasteiger partial charge in [0.1, 0.15) is 11.9 Å². The fourth-order valence-corrected chi connectivity index (χ4v) is 6.36. The lowest BCUT2D eigenvalue weighted by Crippen LogP contribution is -2.48. The Morgan fingerprint density at radius 3 is 2.57 bits per heavy atom. The molecule has 230 valence electrons. The summed E-state index contributed by atoms with van der Waals surface area (Å²) in [6.07, 6.45) is -0.259. The first-order valence-corrected chi connectivity index (χ1v) is 15.8. The van der Waals surface area contributed by atoms with Crippen molar-refractivity contribution in [3.63, 3.8) is 0 Å². The van der Waals surface area contributed by atoms with Crippen LogP contribution in [0.25, 0.3) is 0 Å². The number of anilines is 1. The number of nitrogens with zero attached hydrogens (tertiary/aromatic N) is 3. The lowest BCUT2D eigenvalue weighted by atomic mass is 10.0.